The molecule has 2 nitrogen and oxygen atoms in total. The van der Waals surface area contributed by atoms with Crippen LogP contribution in [0.5, 0.6) is 0 Å². The zero-order valence-electron chi connectivity index (χ0n) is 12.3. The van der Waals surface area contributed by atoms with Gasteiger partial charge in [0.15, 0.2) is 0 Å². The Morgan fingerprint density at radius 1 is 0.955 bits per heavy atom. The van der Waals surface area contributed by atoms with Crippen molar-refractivity contribution >= 4 is 33.0 Å². The predicted molar refractivity (Wildman–Crippen MR) is 92.9 cm³/mol. The number of thiophene rings is 1. The zero-order valence-corrected chi connectivity index (χ0v) is 13.1. The second-order valence-electron chi connectivity index (χ2n) is 5.82. The molecule has 0 spiro atoms. The largest absolute Gasteiger partial charge is 0.322 e. The highest BCUT2D eigenvalue weighted by molar-refractivity contribution is 7.17. The van der Waals surface area contributed by atoms with Gasteiger partial charge in [-0.25, -0.2) is 0 Å². The van der Waals surface area contributed by atoms with Gasteiger partial charge in [0.1, 0.15) is 0 Å². The number of anilines is 1. The Kier molecular flexibility index (Phi) is 3.43. The molecule has 0 saturated heterocycles. The molecule has 1 N–H and O–H groups in total. The van der Waals surface area contributed by atoms with E-state index in [0.717, 1.165) is 24.1 Å². The van der Waals surface area contributed by atoms with E-state index in [9.17, 15) is 4.79 Å². The van der Waals surface area contributed by atoms with E-state index in [4.69, 9.17) is 0 Å². The second kappa shape index (κ2) is 5.58. The molecule has 0 aliphatic heterocycles. The van der Waals surface area contributed by atoms with Gasteiger partial charge in [0.25, 0.3) is 5.91 Å². The van der Waals surface area contributed by atoms with Gasteiger partial charge in [0, 0.05) is 16.0 Å². The lowest BCUT2D eigenvalue weighted by Crippen LogP contribution is -2.13. The number of carbonyl (C=O) groups is 1. The summed E-state index contributed by atoms with van der Waals surface area (Å²) < 4.78 is 1.24. The van der Waals surface area contributed by atoms with Crippen LogP contribution >= 0.6 is 11.3 Å². The van der Waals surface area contributed by atoms with Crippen LogP contribution in [-0.2, 0) is 12.8 Å². The minimum atomic E-state index is -0.0250. The van der Waals surface area contributed by atoms with Crippen molar-refractivity contribution in [3.05, 3.63) is 64.5 Å². The van der Waals surface area contributed by atoms with E-state index in [1.807, 2.05) is 18.2 Å². The summed E-state index contributed by atoms with van der Waals surface area (Å²) in [5, 5.41) is 6.26. The number of nitrogens with one attached hydrogen (secondary N) is 1. The lowest BCUT2D eigenvalue weighted by Gasteiger charge is -2.16. The summed E-state index contributed by atoms with van der Waals surface area (Å²) >= 11 is 1.71. The van der Waals surface area contributed by atoms with Crippen molar-refractivity contribution in [2.24, 2.45) is 0 Å². The van der Waals surface area contributed by atoms with E-state index in [-0.39, 0.29) is 5.91 Å². The summed E-state index contributed by atoms with van der Waals surface area (Å²) in [7, 11) is 0. The summed E-state index contributed by atoms with van der Waals surface area (Å²) in [4.78, 5) is 12.5. The van der Waals surface area contributed by atoms with E-state index in [1.165, 1.54) is 34.1 Å². The van der Waals surface area contributed by atoms with Crippen LogP contribution in [-0.4, -0.2) is 5.91 Å². The molecule has 3 heteroatoms. The van der Waals surface area contributed by atoms with Crippen molar-refractivity contribution in [3.8, 4) is 0 Å². The van der Waals surface area contributed by atoms with Crippen LogP contribution in [0.2, 0.25) is 0 Å². The van der Waals surface area contributed by atoms with E-state index in [1.54, 1.807) is 11.3 Å². The summed E-state index contributed by atoms with van der Waals surface area (Å²) in [5.41, 5.74) is 4.36. The first kappa shape index (κ1) is 13.5. The van der Waals surface area contributed by atoms with Gasteiger partial charge in [-0.2, -0.15) is 0 Å². The molecule has 0 bridgehead atoms. The molecule has 22 heavy (non-hydrogen) atoms. The summed E-state index contributed by atoms with van der Waals surface area (Å²) in [6.45, 7) is 0. The number of aryl methyl sites for hydroxylation is 2. The van der Waals surface area contributed by atoms with E-state index < -0.39 is 0 Å². The summed E-state index contributed by atoms with van der Waals surface area (Å²) in [6.07, 6.45) is 4.73. The maximum Gasteiger partial charge on any atom is 0.255 e. The molecule has 0 fully saturated rings. The first-order valence-electron chi connectivity index (χ1n) is 7.70. The minimum absolute atomic E-state index is 0.0250. The van der Waals surface area contributed by atoms with Crippen LogP contribution in [0, 0.1) is 0 Å². The molecular weight excluding hydrogens is 290 g/mol. The van der Waals surface area contributed by atoms with Crippen LogP contribution in [0.15, 0.2) is 47.8 Å². The minimum Gasteiger partial charge on any atom is -0.322 e. The molecule has 1 amide bonds. The van der Waals surface area contributed by atoms with Gasteiger partial charge in [-0.15, -0.1) is 11.3 Å². The molecular formula is C19H17NOS. The Bertz CT molecular complexity index is 850. The Morgan fingerprint density at radius 3 is 2.73 bits per heavy atom. The van der Waals surface area contributed by atoms with Crippen molar-refractivity contribution in [2.45, 2.75) is 25.7 Å². The maximum absolute atomic E-state index is 12.5. The maximum atomic E-state index is 12.5. The monoisotopic (exact) mass is 307 g/mol. The number of benzene rings is 2. The summed E-state index contributed by atoms with van der Waals surface area (Å²) in [6, 6.07) is 14.3. The molecule has 4 rings (SSSR count). The van der Waals surface area contributed by atoms with Crippen molar-refractivity contribution in [2.75, 3.05) is 5.32 Å². The van der Waals surface area contributed by atoms with Crippen LogP contribution in [0.3, 0.4) is 0 Å². The third-order valence-electron chi connectivity index (χ3n) is 4.32. The average Bonchev–Trinajstić information content (AvgIpc) is 3.02. The molecule has 0 atom stereocenters. The highest BCUT2D eigenvalue weighted by Crippen LogP contribution is 2.25. The van der Waals surface area contributed by atoms with Gasteiger partial charge in [0.2, 0.25) is 0 Å². The van der Waals surface area contributed by atoms with Gasteiger partial charge in [-0.05, 0) is 84.0 Å². The Morgan fingerprint density at radius 2 is 1.82 bits per heavy atom. The van der Waals surface area contributed by atoms with E-state index in [2.05, 4.69) is 35.0 Å². The number of hydrogen-bond donors (Lipinski definition) is 1. The molecule has 3 aromatic rings. The fourth-order valence-electron chi connectivity index (χ4n) is 3.12. The van der Waals surface area contributed by atoms with E-state index in [0.29, 0.717) is 0 Å². The highest BCUT2D eigenvalue weighted by atomic mass is 32.1. The highest BCUT2D eigenvalue weighted by Gasteiger charge is 2.13. The van der Waals surface area contributed by atoms with Gasteiger partial charge >= 0.3 is 0 Å². The fraction of sp³-hybridized carbons (Fsp3) is 0.211. The SMILES string of the molecule is O=C(Nc1ccc2sccc2c1)c1ccc2c(c1)CCCC2. The fourth-order valence-corrected chi connectivity index (χ4v) is 3.89. The number of fused-ring (bicyclic) bond motifs is 2. The summed E-state index contributed by atoms with van der Waals surface area (Å²) in [5.74, 6) is -0.0250. The first-order valence-corrected chi connectivity index (χ1v) is 8.58. The smallest absolute Gasteiger partial charge is 0.255 e. The number of hydrogen-bond acceptors (Lipinski definition) is 2. The lowest BCUT2D eigenvalue weighted by atomic mass is 9.90. The Labute approximate surface area is 133 Å². The molecule has 0 saturated carbocycles. The molecule has 0 radical (unpaired) electrons. The van der Waals surface area contributed by atoms with Crippen LogP contribution in [0.25, 0.3) is 10.1 Å². The van der Waals surface area contributed by atoms with Crippen LogP contribution < -0.4 is 5.32 Å². The molecule has 2 aromatic carbocycles. The predicted octanol–water partition coefficient (Wildman–Crippen LogP) is 5.03. The van der Waals surface area contributed by atoms with Crippen LogP contribution in [0.4, 0.5) is 5.69 Å². The number of carbonyl (C=O) groups excluding carboxylic acids is 1. The standard InChI is InChI=1S/C19H17NOS/c21-19(16-6-5-13-3-1-2-4-14(13)11-16)20-17-7-8-18-15(12-17)9-10-22-18/h5-12H,1-4H2,(H,20,21). The van der Waals surface area contributed by atoms with Crippen molar-refractivity contribution < 1.29 is 4.79 Å². The van der Waals surface area contributed by atoms with Gasteiger partial charge in [0.05, 0.1) is 0 Å². The van der Waals surface area contributed by atoms with Crippen LogP contribution in [0.1, 0.15) is 34.3 Å². The molecule has 110 valence electrons. The van der Waals surface area contributed by atoms with Gasteiger partial charge in [-0.1, -0.05) is 6.07 Å². The molecule has 0 unspecified atom stereocenters. The molecule has 1 aliphatic carbocycles. The third kappa shape index (κ3) is 2.53. The van der Waals surface area contributed by atoms with Crippen molar-refractivity contribution in [3.63, 3.8) is 0 Å². The van der Waals surface area contributed by atoms with Crippen molar-refractivity contribution in [1.82, 2.24) is 0 Å². The Hall–Kier alpha value is -2.13. The molecule has 1 aliphatic rings. The average molecular weight is 307 g/mol. The number of rotatable bonds is 2. The quantitative estimate of drug-likeness (QED) is 0.706. The topological polar surface area (TPSA) is 29.1 Å². The van der Waals surface area contributed by atoms with Gasteiger partial charge < -0.3 is 5.32 Å². The third-order valence-corrected chi connectivity index (χ3v) is 5.22. The first-order chi connectivity index (χ1) is 10.8. The lowest BCUT2D eigenvalue weighted by molar-refractivity contribution is 0.102. The molecule has 1 aromatic heterocycles. The van der Waals surface area contributed by atoms with E-state index >= 15 is 0 Å². The second-order valence-corrected chi connectivity index (χ2v) is 6.77. The van der Waals surface area contributed by atoms with Crippen molar-refractivity contribution in [1.29, 1.82) is 0 Å². The molecule has 1 heterocycles. The number of amides is 1. The normalized spacial score (nSPS) is 13.8. The van der Waals surface area contributed by atoms with Gasteiger partial charge in [-0.3, -0.25) is 4.79 Å². The zero-order chi connectivity index (χ0) is 14.9. The Balaban J connectivity index is 1.58.